The van der Waals surface area contributed by atoms with E-state index in [-0.39, 0.29) is 18.9 Å². The molecule has 2 atom stereocenters. The van der Waals surface area contributed by atoms with Gasteiger partial charge in [-0.25, -0.2) is 0 Å². The summed E-state index contributed by atoms with van der Waals surface area (Å²) in [4.78, 5) is 1.82. The Morgan fingerprint density at radius 1 is 1.30 bits per heavy atom. The number of aliphatic hydroxyl groups excluding tert-OH is 1. The summed E-state index contributed by atoms with van der Waals surface area (Å²) < 4.78 is 0. The fourth-order valence-corrected chi connectivity index (χ4v) is 0.894. The van der Waals surface area contributed by atoms with Gasteiger partial charge in [0.1, 0.15) is 0 Å². The second kappa shape index (κ2) is 4.62. The summed E-state index contributed by atoms with van der Waals surface area (Å²) in [5.41, 5.74) is 11.1. The van der Waals surface area contributed by atoms with Crippen LogP contribution in [0.4, 0.5) is 0 Å². The summed E-state index contributed by atoms with van der Waals surface area (Å²) >= 11 is 0. The van der Waals surface area contributed by atoms with Crippen LogP contribution in [-0.4, -0.2) is 35.5 Å². The molecule has 0 spiro atoms. The number of nitrogens with zero attached hydrogens (tertiary/aromatic N) is 1. The molecule has 0 radical (unpaired) electrons. The predicted molar refractivity (Wildman–Crippen MR) is 41.1 cm³/mol. The third kappa shape index (κ3) is 3.12. The van der Waals surface area contributed by atoms with Crippen LogP contribution in [0.25, 0.3) is 0 Å². The molecule has 0 aliphatic heterocycles. The summed E-state index contributed by atoms with van der Waals surface area (Å²) in [6, 6.07) is 0. The molecule has 0 heterocycles. The van der Waals surface area contributed by atoms with Crippen LogP contribution < -0.4 is 11.5 Å². The minimum absolute atomic E-state index is 0.0906. The first-order chi connectivity index (χ1) is 4.59. The maximum atomic E-state index is 8.58. The standard InChI is InChI=1S/C6H17N3O/c1-5(7)9(3-4-10)6(2)8/h5-6,10H,3-4,7-8H2,1-2H3. The summed E-state index contributed by atoms with van der Waals surface area (Å²) in [5, 5.41) is 8.58. The number of aliphatic hydroxyl groups is 1. The molecule has 4 heteroatoms. The fraction of sp³-hybridized carbons (Fsp3) is 1.00. The van der Waals surface area contributed by atoms with E-state index in [9.17, 15) is 0 Å². The lowest BCUT2D eigenvalue weighted by molar-refractivity contribution is 0.123. The molecule has 0 saturated carbocycles. The van der Waals surface area contributed by atoms with Crippen LogP contribution in [0.1, 0.15) is 13.8 Å². The van der Waals surface area contributed by atoms with Crippen molar-refractivity contribution < 1.29 is 5.11 Å². The van der Waals surface area contributed by atoms with Crippen LogP contribution in [0, 0.1) is 0 Å². The van der Waals surface area contributed by atoms with Crippen molar-refractivity contribution in [1.29, 1.82) is 0 Å². The molecule has 0 aliphatic carbocycles. The fourth-order valence-electron chi connectivity index (χ4n) is 0.894. The van der Waals surface area contributed by atoms with E-state index in [0.717, 1.165) is 0 Å². The summed E-state index contributed by atoms with van der Waals surface area (Å²) in [6.07, 6.45) is -0.181. The van der Waals surface area contributed by atoms with Gasteiger partial charge < -0.3 is 16.6 Å². The quantitative estimate of drug-likeness (QED) is 0.441. The molecular formula is C6H17N3O. The van der Waals surface area contributed by atoms with Crippen molar-refractivity contribution in [2.45, 2.75) is 26.2 Å². The molecule has 0 bridgehead atoms. The lowest BCUT2D eigenvalue weighted by Gasteiger charge is -2.28. The molecule has 0 aliphatic rings. The monoisotopic (exact) mass is 147 g/mol. The molecule has 0 aromatic rings. The van der Waals surface area contributed by atoms with Gasteiger partial charge in [-0.1, -0.05) is 0 Å². The molecule has 2 unspecified atom stereocenters. The molecule has 0 aromatic heterocycles. The Hall–Kier alpha value is -0.160. The van der Waals surface area contributed by atoms with Crippen molar-refractivity contribution in [2.24, 2.45) is 11.5 Å². The van der Waals surface area contributed by atoms with Crippen molar-refractivity contribution >= 4 is 0 Å². The summed E-state index contributed by atoms with van der Waals surface area (Å²) in [7, 11) is 0. The minimum Gasteiger partial charge on any atom is -0.395 e. The molecule has 4 nitrogen and oxygen atoms in total. The highest BCUT2D eigenvalue weighted by Crippen LogP contribution is 1.94. The third-order valence-electron chi connectivity index (χ3n) is 1.40. The number of hydrogen-bond acceptors (Lipinski definition) is 4. The third-order valence-corrected chi connectivity index (χ3v) is 1.40. The van der Waals surface area contributed by atoms with Crippen molar-refractivity contribution in [2.75, 3.05) is 13.2 Å². The average molecular weight is 147 g/mol. The maximum absolute atomic E-state index is 8.58. The molecule has 10 heavy (non-hydrogen) atoms. The zero-order valence-corrected chi connectivity index (χ0v) is 6.62. The Balaban J connectivity index is 3.73. The highest BCUT2D eigenvalue weighted by atomic mass is 16.3. The maximum Gasteiger partial charge on any atom is 0.0559 e. The van der Waals surface area contributed by atoms with Gasteiger partial charge in [0.15, 0.2) is 0 Å². The number of rotatable bonds is 4. The number of hydrogen-bond donors (Lipinski definition) is 3. The highest BCUT2D eigenvalue weighted by molar-refractivity contribution is 4.63. The van der Waals surface area contributed by atoms with Crippen molar-refractivity contribution in [3.05, 3.63) is 0 Å². The lowest BCUT2D eigenvalue weighted by atomic mass is 10.4. The SMILES string of the molecule is CC(N)N(CCO)C(C)N. The normalized spacial score (nSPS) is 17.4. The minimum atomic E-state index is -0.0906. The molecule has 0 amide bonds. The van der Waals surface area contributed by atoms with E-state index in [4.69, 9.17) is 16.6 Å². The molecule has 0 saturated heterocycles. The van der Waals surface area contributed by atoms with Gasteiger partial charge in [0.25, 0.3) is 0 Å². The van der Waals surface area contributed by atoms with Crippen LogP contribution in [0.2, 0.25) is 0 Å². The Kier molecular flexibility index (Phi) is 4.55. The summed E-state index contributed by atoms with van der Waals surface area (Å²) in [5.74, 6) is 0. The van der Waals surface area contributed by atoms with E-state index in [0.29, 0.717) is 6.54 Å². The van der Waals surface area contributed by atoms with E-state index in [2.05, 4.69) is 0 Å². The molecule has 62 valence electrons. The van der Waals surface area contributed by atoms with Gasteiger partial charge in [0, 0.05) is 6.54 Å². The van der Waals surface area contributed by atoms with Crippen LogP contribution in [0.3, 0.4) is 0 Å². The van der Waals surface area contributed by atoms with Crippen molar-refractivity contribution in [3.63, 3.8) is 0 Å². The zero-order chi connectivity index (χ0) is 8.15. The zero-order valence-electron chi connectivity index (χ0n) is 6.62. The molecule has 5 N–H and O–H groups in total. The predicted octanol–water partition coefficient (Wildman–Crippen LogP) is -1.11. The molecule has 0 rings (SSSR count). The van der Waals surface area contributed by atoms with Gasteiger partial charge in [-0.05, 0) is 13.8 Å². The van der Waals surface area contributed by atoms with E-state index >= 15 is 0 Å². The number of nitrogens with two attached hydrogens (primary N) is 2. The van der Waals surface area contributed by atoms with Gasteiger partial charge in [0.05, 0.1) is 18.9 Å². The Morgan fingerprint density at radius 3 is 1.80 bits per heavy atom. The molecular weight excluding hydrogens is 130 g/mol. The molecule has 0 aromatic carbocycles. The van der Waals surface area contributed by atoms with Crippen LogP contribution in [-0.2, 0) is 0 Å². The van der Waals surface area contributed by atoms with Crippen LogP contribution in [0.15, 0.2) is 0 Å². The topological polar surface area (TPSA) is 75.5 Å². The first-order valence-corrected chi connectivity index (χ1v) is 3.47. The Labute approximate surface area is 61.8 Å². The van der Waals surface area contributed by atoms with E-state index < -0.39 is 0 Å². The highest BCUT2D eigenvalue weighted by Gasteiger charge is 2.11. The van der Waals surface area contributed by atoms with E-state index in [1.54, 1.807) is 0 Å². The van der Waals surface area contributed by atoms with Gasteiger partial charge in [-0.15, -0.1) is 0 Å². The lowest BCUT2D eigenvalue weighted by Crippen LogP contribution is -2.50. The largest absolute Gasteiger partial charge is 0.395 e. The Morgan fingerprint density at radius 2 is 1.70 bits per heavy atom. The second-order valence-corrected chi connectivity index (χ2v) is 2.44. The Bertz CT molecular complexity index is 77.1. The average Bonchev–Trinajstić information content (AvgIpc) is 1.81. The summed E-state index contributed by atoms with van der Waals surface area (Å²) in [6.45, 7) is 4.33. The van der Waals surface area contributed by atoms with Crippen molar-refractivity contribution in [1.82, 2.24) is 4.90 Å². The van der Waals surface area contributed by atoms with Gasteiger partial charge in [-0.3, -0.25) is 4.90 Å². The van der Waals surface area contributed by atoms with Gasteiger partial charge in [0.2, 0.25) is 0 Å². The smallest absolute Gasteiger partial charge is 0.0559 e. The van der Waals surface area contributed by atoms with Crippen molar-refractivity contribution in [3.8, 4) is 0 Å². The van der Waals surface area contributed by atoms with Crippen LogP contribution in [0.5, 0.6) is 0 Å². The second-order valence-electron chi connectivity index (χ2n) is 2.44. The van der Waals surface area contributed by atoms with Gasteiger partial charge >= 0.3 is 0 Å². The van der Waals surface area contributed by atoms with E-state index in [1.807, 2.05) is 18.7 Å². The first kappa shape index (κ1) is 9.84. The first-order valence-electron chi connectivity index (χ1n) is 3.47. The van der Waals surface area contributed by atoms with E-state index in [1.165, 1.54) is 0 Å². The van der Waals surface area contributed by atoms with Gasteiger partial charge in [-0.2, -0.15) is 0 Å². The van der Waals surface area contributed by atoms with Crippen LogP contribution >= 0.6 is 0 Å². The molecule has 0 fully saturated rings.